The van der Waals surface area contributed by atoms with Crippen molar-refractivity contribution in [2.75, 3.05) is 45.2 Å². The topological polar surface area (TPSA) is 104 Å². The Labute approximate surface area is 246 Å². The Bertz CT molecular complexity index is 1750. The quantitative estimate of drug-likeness (QED) is 0.355. The normalized spacial score (nSPS) is 21.2. The molecule has 4 aromatic rings. The number of hydrogen-bond acceptors (Lipinski definition) is 7. The third-order valence-corrected chi connectivity index (χ3v) is 8.84. The number of imidazole rings is 1. The van der Waals surface area contributed by atoms with Crippen molar-refractivity contribution in [2.24, 2.45) is 11.8 Å². The fourth-order valence-electron chi connectivity index (χ4n) is 6.32. The lowest BCUT2D eigenvalue weighted by molar-refractivity contribution is -0.135. The van der Waals surface area contributed by atoms with Gasteiger partial charge in [-0.2, -0.15) is 4.39 Å². The van der Waals surface area contributed by atoms with Crippen LogP contribution >= 0.6 is 0 Å². The molecule has 7 rings (SSSR count). The summed E-state index contributed by atoms with van der Waals surface area (Å²) in [6.07, 6.45) is 5.77. The predicted octanol–water partition coefficient (Wildman–Crippen LogP) is 3.63. The van der Waals surface area contributed by atoms with Crippen LogP contribution in [0, 0.1) is 30.4 Å². The number of ether oxygens (including phenoxy) is 1. The van der Waals surface area contributed by atoms with E-state index in [0.717, 1.165) is 18.5 Å². The number of hydrogen-bond donors (Lipinski definition) is 2. The maximum Gasteiger partial charge on any atom is 0.254 e. The fraction of sp³-hybridized carbons (Fsp3) is 0.355. The zero-order valence-corrected chi connectivity index (χ0v) is 23.8. The van der Waals surface area contributed by atoms with Gasteiger partial charge in [-0.05, 0) is 67.6 Å². The van der Waals surface area contributed by atoms with Crippen LogP contribution in [0.1, 0.15) is 22.3 Å². The van der Waals surface area contributed by atoms with Crippen molar-refractivity contribution < 1.29 is 23.1 Å². The predicted molar refractivity (Wildman–Crippen MR) is 155 cm³/mol. The Morgan fingerprint density at radius 2 is 1.84 bits per heavy atom. The van der Waals surface area contributed by atoms with Gasteiger partial charge in [0.1, 0.15) is 0 Å². The number of piperazine rings is 1. The van der Waals surface area contributed by atoms with Crippen LogP contribution in [0.25, 0.3) is 16.9 Å². The number of anilines is 2. The fourth-order valence-corrected chi connectivity index (χ4v) is 6.32. The van der Waals surface area contributed by atoms with Gasteiger partial charge in [-0.1, -0.05) is 0 Å². The minimum Gasteiger partial charge on any atom is -0.494 e. The zero-order chi connectivity index (χ0) is 29.8. The van der Waals surface area contributed by atoms with Gasteiger partial charge in [-0.3, -0.25) is 14.0 Å². The molecule has 222 valence electrons. The summed E-state index contributed by atoms with van der Waals surface area (Å²) >= 11 is 0. The second-order valence-electron chi connectivity index (χ2n) is 11.4. The molecule has 2 saturated heterocycles. The first-order valence-corrected chi connectivity index (χ1v) is 14.4. The van der Waals surface area contributed by atoms with Gasteiger partial charge in [-0.15, -0.1) is 0 Å². The summed E-state index contributed by atoms with van der Waals surface area (Å²) in [4.78, 5) is 38.8. The van der Waals surface area contributed by atoms with Gasteiger partial charge in [0.15, 0.2) is 23.0 Å². The number of aromatic nitrogens is 3. The summed E-state index contributed by atoms with van der Waals surface area (Å²) in [5.41, 5.74) is 2.89. The molecule has 10 nitrogen and oxygen atoms in total. The second kappa shape index (κ2) is 10.6. The van der Waals surface area contributed by atoms with Gasteiger partial charge in [0.05, 0.1) is 25.0 Å². The molecule has 12 heteroatoms. The van der Waals surface area contributed by atoms with Crippen LogP contribution in [0.5, 0.6) is 5.75 Å². The van der Waals surface area contributed by atoms with Gasteiger partial charge in [0.25, 0.3) is 5.91 Å². The van der Waals surface area contributed by atoms with Crippen LogP contribution in [-0.4, -0.2) is 81.9 Å². The molecular weight excluding hydrogens is 556 g/mol. The number of rotatable bonds is 6. The lowest BCUT2D eigenvalue weighted by atomic mass is 10.1. The lowest BCUT2D eigenvalue weighted by Gasteiger charge is -2.36. The van der Waals surface area contributed by atoms with E-state index in [-0.39, 0.29) is 29.2 Å². The number of fused-ring (bicyclic) bond motifs is 2. The second-order valence-corrected chi connectivity index (χ2v) is 11.4. The first kappa shape index (κ1) is 27.3. The number of carbonyl (C=O) groups excluding carboxylic acids is 2. The van der Waals surface area contributed by atoms with Crippen molar-refractivity contribution in [3.8, 4) is 17.0 Å². The Kier molecular flexibility index (Phi) is 6.72. The van der Waals surface area contributed by atoms with E-state index in [1.165, 1.54) is 25.4 Å². The summed E-state index contributed by atoms with van der Waals surface area (Å²) in [5, 5.41) is 6.59. The molecule has 1 saturated carbocycles. The number of benzene rings is 2. The molecule has 0 spiro atoms. The van der Waals surface area contributed by atoms with E-state index in [1.807, 2.05) is 17.9 Å². The van der Waals surface area contributed by atoms with Crippen LogP contribution in [0.3, 0.4) is 0 Å². The summed E-state index contributed by atoms with van der Waals surface area (Å²) in [6.45, 7) is 4.87. The summed E-state index contributed by atoms with van der Waals surface area (Å²) < 4.78 is 35.7. The van der Waals surface area contributed by atoms with E-state index in [1.54, 1.807) is 33.8 Å². The van der Waals surface area contributed by atoms with Crippen LogP contribution in [0.2, 0.25) is 0 Å². The highest BCUT2D eigenvalue weighted by molar-refractivity contribution is 5.96. The van der Waals surface area contributed by atoms with E-state index >= 15 is 0 Å². The highest BCUT2D eigenvalue weighted by Gasteiger charge is 2.52. The van der Waals surface area contributed by atoms with Gasteiger partial charge < -0.3 is 25.2 Å². The molecule has 1 unspecified atom stereocenters. The molecular formula is C31H31F2N7O3. The third-order valence-electron chi connectivity index (χ3n) is 8.84. The Morgan fingerprint density at radius 1 is 1.05 bits per heavy atom. The van der Waals surface area contributed by atoms with Crippen LogP contribution in [-0.2, 0) is 4.79 Å². The molecule has 4 heterocycles. The molecule has 3 aliphatic rings. The molecule has 43 heavy (non-hydrogen) atoms. The third kappa shape index (κ3) is 4.75. The first-order chi connectivity index (χ1) is 20.8. The first-order valence-electron chi connectivity index (χ1n) is 14.4. The highest BCUT2D eigenvalue weighted by atomic mass is 19.2. The number of nitrogens with one attached hydrogen (secondary N) is 2. The van der Waals surface area contributed by atoms with E-state index in [0.29, 0.717) is 66.4 Å². The van der Waals surface area contributed by atoms with E-state index in [4.69, 9.17) is 4.74 Å². The molecule has 1 aliphatic carbocycles. The summed E-state index contributed by atoms with van der Waals surface area (Å²) in [6, 6.07) is 8.19. The van der Waals surface area contributed by atoms with Crippen molar-refractivity contribution in [3.05, 3.63) is 71.7 Å². The average Bonchev–Trinajstić information content (AvgIpc) is 3.46. The van der Waals surface area contributed by atoms with Crippen molar-refractivity contribution in [1.29, 1.82) is 0 Å². The van der Waals surface area contributed by atoms with Crippen molar-refractivity contribution >= 4 is 29.0 Å². The van der Waals surface area contributed by atoms with E-state index < -0.39 is 11.6 Å². The Morgan fingerprint density at radius 3 is 2.53 bits per heavy atom. The number of amides is 2. The maximum absolute atomic E-state index is 14.8. The Hall–Kier alpha value is -4.58. The molecule has 2 aliphatic heterocycles. The van der Waals surface area contributed by atoms with Crippen molar-refractivity contribution in [3.63, 3.8) is 0 Å². The number of aryl methyl sites for hydroxylation is 1. The van der Waals surface area contributed by atoms with Crippen LogP contribution in [0.15, 0.2) is 48.9 Å². The van der Waals surface area contributed by atoms with E-state index in [9.17, 15) is 18.4 Å². The van der Waals surface area contributed by atoms with Crippen molar-refractivity contribution in [2.45, 2.75) is 19.4 Å². The number of halogens is 2. The van der Waals surface area contributed by atoms with E-state index in [2.05, 4.69) is 20.6 Å². The molecule has 2 amide bonds. The number of piperidine rings is 1. The lowest BCUT2D eigenvalue weighted by Crippen LogP contribution is -2.55. The van der Waals surface area contributed by atoms with Crippen molar-refractivity contribution in [1.82, 2.24) is 29.5 Å². The van der Waals surface area contributed by atoms with Gasteiger partial charge in [0, 0.05) is 55.4 Å². The molecule has 2 aromatic carbocycles. The minimum absolute atomic E-state index is 0.0404. The minimum atomic E-state index is -1.07. The SMILES string of the molecule is COc1ccc(-c2cnc3c(Nc4ccc(C(=O)N5CCN(C(=O)[C@H]6NC[C@H]7CC76)CC5)c(C)c4)nccn23)c(F)c1F. The molecule has 3 atom stereocenters. The summed E-state index contributed by atoms with van der Waals surface area (Å²) in [5.74, 6) is -0.617. The molecule has 0 bridgehead atoms. The maximum atomic E-state index is 14.8. The average molecular weight is 588 g/mol. The number of nitrogens with zero attached hydrogens (tertiary/aromatic N) is 5. The van der Waals surface area contributed by atoms with Crippen LogP contribution in [0.4, 0.5) is 20.3 Å². The molecule has 2 N–H and O–H groups in total. The molecule has 0 radical (unpaired) electrons. The van der Waals surface area contributed by atoms with Gasteiger partial charge >= 0.3 is 0 Å². The largest absolute Gasteiger partial charge is 0.494 e. The smallest absolute Gasteiger partial charge is 0.254 e. The zero-order valence-electron chi connectivity index (χ0n) is 23.8. The van der Waals surface area contributed by atoms with Gasteiger partial charge in [-0.25, -0.2) is 14.4 Å². The van der Waals surface area contributed by atoms with Gasteiger partial charge in [0.2, 0.25) is 11.7 Å². The standard InChI is InChI=1S/C31H31F2N7O3/c1-17-13-19(3-4-20(17)30(41)38-9-11-39(12-10-38)31(42)27-22-14-18(22)15-35-27)37-28-29-36-16-23(40(29)8-7-34-28)21-5-6-24(43-2)26(33)25(21)32/h3-8,13,16,18,22,27,35H,9-12,14-15H2,1-2H3,(H,34,37)/t18-,22?,27+/m1/s1. The van der Waals surface area contributed by atoms with Crippen LogP contribution < -0.4 is 15.4 Å². The monoisotopic (exact) mass is 587 g/mol. The number of methoxy groups -OCH3 is 1. The highest BCUT2D eigenvalue weighted by Crippen LogP contribution is 2.45. The Balaban J connectivity index is 1.05. The molecule has 3 fully saturated rings. The number of carbonyl (C=O) groups is 2. The molecule has 2 aromatic heterocycles. The summed E-state index contributed by atoms with van der Waals surface area (Å²) in [7, 11) is 1.28.